The maximum atomic E-state index is 13.7. The molecule has 1 aliphatic rings. The third-order valence-corrected chi connectivity index (χ3v) is 9.63. The summed E-state index contributed by atoms with van der Waals surface area (Å²) in [5.74, 6) is -0.719. The molecule has 0 aliphatic carbocycles. The summed E-state index contributed by atoms with van der Waals surface area (Å²) in [4.78, 5) is 33.2. The maximum Gasteiger partial charge on any atom is 0.314 e. The Labute approximate surface area is 247 Å². The van der Waals surface area contributed by atoms with Gasteiger partial charge in [0.15, 0.2) is 0 Å². The van der Waals surface area contributed by atoms with Crippen LogP contribution >= 0.6 is 0 Å². The predicted molar refractivity (Wildman–Crippen MR) is 168 cm³/mol. The molecule has 1 fully saturated rings. The van der Waals surface area contributed by atoms with E-state index in [1.165, 1.54) is 6.20 Å². The molecular weight excluding hydrogens is 548 g/mol. The van der Waals surface area contributed by atoms with Gasteiger partial charge in [0.05, 0.1) is 46.7 Å². The summed E-state index contributed by atoms with van der Waals surface area (Å²) < 4.78 is 9.54. The fraction of sp³-hybridized carbons (Fsp3) is 0.500. The Hall–Kier alpha value is -3.77. The van der Waals surface area contributed by atoms with Crippen molar-refractivity contribution in [3.8, 4) is 0 Å². The molecule has 3 aromatic heterocycles. The number of pyridine rings is 1. The summed E-state index contributed by atoms with van der Waals surface area (Å²) in [6.45, 7) is 14.5. The van der Waals surface area contributed by atoms with Crippen molar-refractivity contribution in [2.24, 2.45) is 5.92 Å². The van der Waals surface area contributed by atoms with Gasteiger partial charge in [0.25, 0.3) is 0 Å². The molecule has 1 aliphatic heterocycles. The van der Waals surface area contributed by atoms with Crippen LogP contribution in [0, 0.1) is 5.92 Å². The van der Waals surface area contributed by atoms with E-state index in [9.17, 15) is 9.59 Å². The molecule has 5 rings (SSSR count). The van der Waals surface area contributed by atoms with Crippen LogP contribution in [-0.2, 0) is 21.1 Å². The molecule has 0 spiro atoms. The highest BCUT2D eigenvalue weighted by Crippen LogP contribution is 2.35. The molecule has 2 amide bonds. The van der Waals surface area contributed by atoms with Gasteiger partial charge in [-0.2, -0.15) is 10.2 Å². The molecule has 3 N–H and O–H groups in total. The van der Waals surface area contributed by atoms with Crippen LogP contribution in [0.4, 0.5) is 11.5 Å². The van der Waals surface area contributed by atoms with E-state index < -0.39 is 19.9 Å². The van der Waals surface area contributed by atoms with Crippen LogP contribution in [0.2, 0.25) is 25.7 Å². The van der Waals surface area contributed by atoms with Gasteiger partial charge in [0.1, 0.15) is 12.5 Å². The number of hydrogen-bond acceptors (Lipinski definition) is 7. The van der Waals surface area contributed by atoms with E-state index in [0.29, 0.717) is 35.6 Å². The van der Waals surface area contributed by atoms with E-state index in [4.69, 9.17) is 10.5 Å². The second-order valence-electron chi connectivity index (χ2n) is 12.9. The third-order valence-electron chi connectivity index (χ3n) is 7.93. The van der Waals surface area contributed by atoms with E-state index in [2.05, 4.69) is 79.1 Å². The van der Waals surface area contributed by atoms with Gasteiger partial charge in [0, 0.05) is 32.7 Å². The van der Waals surface area contributed by atoms with Crippen LogP contribution < -0.4 is 11.1 Å². The molecule has 224 valence electrons. The average Bonchev–Trinajstić information content (AvgIpc) is 3.56. The van der Waals surface area contributed by atoms with Crippen molar-refractivity contribution in [2.75, 3.05) is 24.2 Å². The summed E-state index contributed by atoms with van der Waals surface area (Å²) in [5, 5.41) is 13.4. The fourth-order valence-electron chi connectivity index (χ4n) is 5.56. The van der Waals surface area contributed by atoms with Crippen molar-refractivity contribution in [2.45, 2.75) is 78.1 Å². The number of anilines is 2. The minimum atomic E-state index is -1.24. The Morgan fingerprint density at radius 1 is 1.14 bits per heavy atom. The van der Waals surface area contributed by atoms with Crippen LogP contribution in [0.3, 0.4) is 0 Å². The van der Waals surface area contributed by atoms with Gasteiger partial charge < -0.3 is 20.7 Å². The highest BCUT2D eigenvalue weighted by Gasteiger charge is 2.35. The lowest BCUT2D eigenvalue weighted by Crippen LogP contribution is -2.46. The second-order valence-corrected chi connectivity index (χ2v) is 18.5. The third kappa shape index (κ3) is 6.19. The van der Waals surface area contributed by atoms with E-state index >= 15 is 0 Å². The normalized spacial score (nSPS) is 17.8. The molecule has 11 nitrogen and oxygen atoms in total. The van der Waals surface area contributed by atoms with E-state index in [1.54, 1.807) is 15.8 Å². The number of nitrogens with one attached hydrogen (secondary N) is 1. The van der Waals surface area contributed by atoms with Crippen molar-refractivity contribution < 1.29 is 14.3 Å². The molecule has 0 bridgehead atoms. The summed E-state index contributed by atoms with van der Waals surface area (Å²) in [5.41, 5.74) is 9.12. The van der Waals surface area contributed by atoms with Crippen LogP contribution in [0.5, 0.6) is 0 Å². The molecule has 0 unspecified atom stereocenters. The SMILES string of the molecule is CC(C)n1ncc2cc([C@H]3CC[C@H](C)CN3C(=O)C(=O)Nc3cnc(N)c4cnn(COCC[Si](C)(C)C)c34)ccc21. The zero-order chi connectivity index (χ0) is 30.2. The zero-order valence-corrected chi connectivity index (χ0v) is 26.4. The lowest BCUT2D eigenvalue weighted by Gasteiger charge is -2.38. The van der Waals surface area contributed by atoms with Crippen LogP contribution in [-0.4, -0.2) is 62.5 Å². The molecule has 4 aromatic rings. The smallest absolute Gasteiger partial charge is 0.314 e. The van der Waals surface area contributed by atoms with Crippen molar-refractivity contribution >= 4 is 53.2 Å². The quantitative estimate of drug-likeness (QED) is 0.164. The zero-order valence-electron chi connectivity index (χ0n) is 25.4. The standard InChI is InChI=1S/C30H42N8O3Si/c1-19(2)38-26-10-8-21(13-22(26)14-34-38)25-9-7-20(3)17-36(25)30(40)29(39)35-24-16-32-28(31)23-15-33-37(27(23)24)18-41-11-12-42(4,5)6/h8,10,13-16,19-20,25H,7,9,11-12,17-18H2,1-6H3,(H2,31,32)(H,35,39)/t20-,25+/m0/s1. The molecule has 2 atom stereocenters. The number of carbonyl (C=O) groups is 2. The molecule has 1 aromatic carbocycles. The Bertz CT molecular complexity index is 1610. The number of likely N-dealkylation sites (tertiary alicyclic amines) is 1. The van der Waals surface area contributed by atoms with Gasteiger partial charge in [-0.05, 0) is 56.3 Å². The molecule has 0 radical (unpaired) electrons. The fourth-order valence-corrected chi connectivity index (χ4v) is 6.32. The van der Waals surface area contributed by atoms with Crippen molar-refractivity contribution in [3.63, 3.8) is 0 Å². The minimum Gasteiger partial charge on any atom is -0.383 e. The Morgan fingerprint density at radius 3 is 2.67 bits per heavy atom. The topological polar surface area (TPSA) is 133 Å². The average molecular weight is 591 g/mol. The predicted octanol–water partition coefficient (Wildman–Crippen LogP) is 5.19. The summed E-state index contributed by atoms with van der Waals surface area (Å²) >= 11 is 0. The molecule has 4 heterocycles. The van der Waals surface area contributed by atoms with Crippen LogP contribution in [0.15, 0.2) is 36.8 Å². The number of hydrogen-bond donors (Lipinski definition) is 2. The minimum absolute atomic E-state index is 0.204. The lowest BCUT2D eigenvalue weighted by atomic mass is 9.89. The van der Waals surface area contributed by atoms with Gasteiger partial charge in [-0.1, -0.05) is 32.6 Å². The van der Waals surface area contributed by atoms with Gasteiger partial charge in [-0.25, -0.2) is 9.67 Å². The number of fused-ring (bicyclic) bond motifs is 2. The Morgan fingerprint density at radius 2 is 1.93 bits per heavy atom. The summed E-state index contributed by atoms with van der Waals surface area (Å²) in [6, 6.07) is 7.26. The van der Waals surface area contributed by atoms with Crippen molar-refractivity contribution in [1.82, 2.24) is 29.4 Å². The number of carbonyl (C=O) groups excluding carboxylic acids is 2. The number of nitrogens with zero attached hydrogens (tertiary/aromatic N) is 6. The van der Waals surface area contributed by atoms with Gasteiger partial charge in [-0.15, -0.1) is 0 Å². The largest absolute Gasteiger partial charge is 0.383 e. The highest BCUT2D eigenvalue weighted by atomic mass is 28.3. The highest BCUT2D eigenvalue weighted by molar-refractivity contribution is 6.76. The number of piperidine rings is 1. The van der Waals surface area contributed by atoms with Crippen molar-refractivity contribution in [1.29, 1.82) is 0 Å². The molecule has 1 saturated heterocycles. The van der Waals surface area contributed by atoms with Gasteiger partial charge in [-0.3, -0.25) is 14.3 Å². The van der Waals surface area contributed by atoms with E-state index in [-0.39, 0.29) is 24.7 Å². The Kier molecular flexibility index (Phi) is 8.38. The van der Waals surface area contributed by atoms with Crippen LogP contribution in [0.1, 0.15) is 51.3 Å². The number of ether oxygens (including phenoxy) is 1. The number of amides is 2. The molecule has 12 heteroatoms. The lowest BCUT2D eigenvalue weighted by molar-refractivity contribution is -0.146. The number of rotatable bonds is 8. The first kappa shape index (κ1) is 29.7. The van der Waals surface area contributed by atoms with Crippen LogP contribution in [0.25, 0.3) is 21.8 Å². The first-order valence-corrected chi connectivity index (χ1v) is 18.4. The molecular formula is C30H42N8O3Si. The monoisotopic (exact) mass is 590 g/mol. The summed E-state index contributed by atoms with van der Waals surface area (Å²) in [7, 11) is -1.24. The number of nitrogens with two attached hydrogens (primary N) is 1. The second kappa shape index (κ2) is 11.8. The Balaban J connectivity index is 1.37. The molecule has 0 saturated carbocycles. The first-order valence-electron chi connectivity index (χ1n) is 14.7. The van der Waals surface area contributed by atoms with E-state index in [1.807, 2.05) is 10.9 Å². The van der Waals surface area contributed by atoms with Gasteiger partial charge >= 0.3 is 11.8 Å². The van der Waals surface area contributed by atoms with E-state index in [0.717, 1.165) is 35.4 Å². The summed E-state index contributed by atoms with van der Waals surface area (Å²) in [6.07, 6.45) is 6.69. The number of benzene rings is 1. The van der Waals surface area contributed by atoms with Gasteiger partial charge in [0.2, 0.25) is 0 Å². The first-order chi connectivity index (χ1) is 19.9. The maximum absolute atomic E-state index is 13.7. The van der Waals surface area contributed by atoms with Crippen molar-refractivity contribution in [3.05, 3.63) is 42.4 Å². The number of nitrogen functional groups attached to an aromatic ring is 1. The number of aromatic nitrogens is 5. The molecule has 42 heavy (non-hydrogen) atoms.